The third-order valence-electron chi connectivity index (χ3n) is 6.43. The fraction of sp³-hybridized carbons (Fsp3) is 0.409. The molecule has 2 aliphatic rings. The minimum atomic E-state index is -4.52. The second-order valence-electron chi connectivity index (χ2n) is 8.10. The molecule has 1 aliphatic carbocycles. The molecule has 2 aromatic rings. The number of carbonyl (C=O) groups excluding carboxylic acids is 1. The number of aliphatic hydroxyl groups is 1. The van der Waals surface area contributed by atoms with Gasteiger partial charge in [-0.15, -0.1) is 0 Å². The summed E-state index contributed by atoms with van der Waals surface area (Å²) in [4.78, 5) is 14.1. The Morgan fingerprint density at radius 1 is 1.20 bits per heavy atom. The van der Waals surface area contributed by atoms with Crippen LogP contribution in [0.4, 0.5) is 18.0 Å². The highest BCUT2D eigenvalue weighted by atomic mass is 35.5. The Kier molecular flexibility index (Phi) is 5.22. The zero-order chi connectivity index (χ0) is 21.6. The highest BCUT2D eigenvalue weighted by molar-refractivity contribution is 6.31. The van der Waals surface area contributed by atoms with Crippen molar-refractivity contribution in [2.24, 2.45) is 5.41 Å². The molecule has 1 saturated carbocycles. The first kappa shape index (κ1) is 21.0. The third kappa shape index (κ3) is 3.54. The molecule has 30 heavy (non-hydrogen) atoms. The Balaban J connectivity index is 1.48. The molecule has 160 valence electrons. The van der Waals surface area contributed by atoms with Gasteiger partial charge in [0.25, 0.3) is 0 Å². The molecule has 0 spiro atoms. The van der Waals surface area contributed by atoms with E-state index in [-0.39, 0.29) is 24.8 Å². The number of aliphatic hydroxyl groups excluding tert-OH is 1. The van der Waals surface area contributed by atoms with Crippen LogP contribution in [0.25, 0.3) is 0 Å². The molecule has 4 nitrogen and oxygen atoms in total. The summed E-state index contributed by atoms with van der Waals surface area (Å²) in [5.74, 6) is 0. The summed E-state index contributed by atoms with van der Waals surface area (Å²) in [6.45, 7) is 0.667. The number of carbonyl (C=O) groups is 1. The van der Waals surface area contributed by atoms with Crippen molar-refractivity contribution >= 4 is 17.7 Å². The number of alkyl halides is 3. The molecular weight excluding hydrogens is 419 g/mol. The molecule has 0 radical (unpaired) electrons. The van der Waals surface area contributed by atoms with Crippen LogP contribution in [0, 0.1) is 5.41 Å². The van der Waals surface area contributed by atoms with Crippen LogP contribution < -0.4 is 0 Å². The van der Waals surface area contributed by atoms with E-state index in [1.165, 1.54) is 12.1 Å². The van der Waals surface area contributed by atoms with Gasteiger partial charge in [0.15, 0.2) is 0 Å². The van der Waals surface area contributed by atoms with Gasteiger partial charge in [-0.05, 0) is 36.1 Å². The van der Waals surface area contributed by atoms with Gasteiger partial charge in [0.1, 0.15) is 6.61 Å². The number of hydrogen-bond acceptors (Lipinski definition) is 3. The maximum Gasteiger partial charge on any atom is 0.417 e. The van der Waals surface area contributed by atoms with Gasteiger partial charge < -0.3 is 14.7 Å². The van der Waals surface area contributed by atoms with Crippen molar-refractivity contribution in [3.63, 3.8) is 0 Å². The lowest BCUT2D eigenvalue weighted by atomic mass is 9.80. The second-order valence-corrected chi connectivity index (χ2v) is 8.51. The number of benzene rings is 2. The highest BCUT2D eigenvalue weighted by Gasteiger charge is 2.70. The Hall–Kier alpha value is -2.25. The molecule has 2 aromatic carbocycles. The minimum absolute atomic E-state index is 0.155. The van der Waals surface area contributed by atoms with Crippen molar-refractivity contribution in [1.29, 1.82) is 0 Å². The van der Waals surface area contributed by atoms with Crippen LogP contribution in [0.15, 0.2) is 48.5 Å². The number of halogens is 4. The molecule has 8 heteroatoms. The lowest BCUT2D eigenvalue weighted by Crippen LogP contribution is -2.46. The molecule has 0 bridgehead atoms. The van der Waals surface area contributed by atoms with Crippen LogP contribution in [0.3, 0.4) is 0 Å². The third-order valence-corrected chi connectivity index (χ3v) is 6.74. The van der Waals surface area contributed by atoms with E-state index in [1.807, 2.05) is 30.3 Å². The highest BCUT2D eigenvalue weighted by Crippen LogP contribution is 2.68. The quantitative estimate of drug-likeness (QED) is 0.727. The average Bonchev–Trinajstić information content (AvgIpc) is 3.42. The van der Waals surface area contributed by atoms with Crippen LogP contribution in [-0.2, 0) is 22.9 Å². The van der Waals surface area contributed by atoms with Crippen LogP contribution in [-0.4, -0.2) is 35.8 Å². The fourth-order valence-corrected chi connectivity index (χ4v) is 4.97. The average molecular weight is 440 g/mol. The minimum Gasteiger partial charge on any atom is -0.445 e. The summed E-state index contributed by atoms with van der Waals surface area (Å²) in [5, 5.41) is 9.74. The topological polar surface area (TPSA) is 49.8 Å². The predicted molar refractivity (Wildman–Crippen MR) is 105 cm³/mol. The Labute approximate surface area is 177 Å². The summed E-state index contributed by atoms with van der Waals surface area (Å²) in [6.07, 6.45) is -3.87. The number of ether oxygens (including phenoxy) is 1. The van der Waals surface area contributed by atoms with E-state index >= 15 is 0 Å². The SMILES string of the molecule is O=C(OCc1ccccc1)N1CC[C@]2(c3ccc(C(F)(F)F)c(Cl)c3)C[C@]2(CO)C1. The van der Waals surface area contributed by atoms with Crippen LogP contribution in [0.1, 0.15) is 29.5 Å². The van der Waals surface area contributed by atoms with Gasteiger partial charge in [0.2, 0.25) is 0 Å². The number of piperidine rings is 1. The molecule has 1 saturated heterocycles. The second kappa shape index (κ2) is 7.46. The summed E-state index contributed by atoms with van der Waals surface area (Å²) in [7, 11) is 0. The number of amides is 1. The van der Waals surface area contributed by atoms with E-state index in [1.54, 1.807) is 4.90 Å². The van der Waals surface area contributed by atoms with Crippen LogP contribution >= 0.6 is 11.6 Å². The maximum atomic E-state index is 13.0. The predicted octanol–water partition coefficient (Wildman–Crippen LogP) is 5.02. The van der Waals surface area contributed by atoms with Gasteiger partial charge in [-0.1, -0.05) is 48.0 Å². The first-order valence-corrected chi connectivity index (χ1v) is 10.0. The van der Waals surface area contributed by atoms with E-state index < -0.39 is 28.7 Å². The van der Waals surface area contributed by atoms with Crippen molar-refractivity contribution in [2.75, 3.05) is 19.7 Å². The smallest absolute Gasteiger partial charge is 0.417 e. The number of rotatable bonds is 4. The molecule has 2 atom stereocenters. The molecule has 1 aliphatic heterocycles. The standard InChI is InChI=1S/C22H21ClF3NO3/c23-18-10-16(6-7-17(18)22(24,25)26)21-8-9-27(13-20(21,12-21)14-28)19(29)30-11-15-4-2-1-3-5-15/h1-7,10,28H,8-9,11-14H2/t20-,21-/m1/s1. The largest absolute Gasteiger partial charge is 0.445 e. The molecule has 0 unspecified atom stereocenters. The van der Waals surface area contributed by atoms with E-state index in [4.69, 9.17) is 16.3 Å². The molecule has 1 heterocycles. The first-order valence-electron chi connectivity index (χ1n) is 9.65. The van der Waals surface area contributed by atoms with E-state index in [9.17, 15) is 23.1 Å². The van der Waals surface area contributed by atoms with Gasteiger partial charge in [-0.25, -0.2) is 4.79 Å². The molecule has 4 rings (SSSR count). The van der Waals surface area contributed by atoms with Gasteiger partial charge in [0, 0.05) is 23.9 Å². The Morgan fingerprint density at radius 3 is 2.57 bits per heavy atom. The maximum absolute atomic E-state index is 13.0. The van der Waals surface area contributed by atoms with E-state index in [0.29, 0.717) is 24.9 Å². The monoisotopic (exact) mass is 439 g/mol. The number of hydrogen-bond donors (Lipinski definition) is 1. The van der Waals surface area contributed by atoms with Crippen LogP contribution in [0.5, 0.6) is 0 Å². The van der Waals surface area contributed by atoms with E-state index in [2.05, 4.69) is 0 Å². The normalized spacial score (nSPS) is 25.6. The summed E-state index contributed by atoms with van der Waals surface area (Å²) >= 11 is 5.91. The van der Waals surface area contributed by atoms with Crippen molar-refractivity contribution in [1.82, 2.24) is 4.90 Å². The number of likely N-dealkylation sites (tertiary alicyclic amines) is 1. The van der Waals surface area contributed by atoms with Gasteiger partial charge in [-0.2, -0.15) is 13.2 Å². The zero-order valence-electron chi connectivity index (χ0n) is 16.1. The van der Waals surface area contributed by atoms with Crippen molar-refractivity contribution in [2.45, 2.75) is 31.0 Å². The van der Waals surface area contributed by atoms with Gasteiger partial charge in [0.05, 0.1) is 17.2 Å². The summed E-state index contributed by atoms with van der Waals surface area (Å²) < 4.78 is 44.5. The van der Waals surface area contributed by atoms with Gasteiger partial charge >= 0.3 is 12.3 Å². The molecular formula is C22H21ClF3NO3. The first-order chi connectivity index (χ1) is 14.2. The van der Waals surface area contributed by atoms with E-state index in [0.717, 1.165) is 11.6 Å². The molecule has 0 aromatic heterocycles. The zero-order valence-corrected chi connectivity index (χ0v) is 16.8. The van der Waals surface area contributed by atoms with Crippen molar-refractivity contribution in [3.8, 4) is 0 Å². The molecule has 1 amide bonds. The Bertz CT molecular complexity index is 952. The Morgan fingerprint density at radius 2 is 1.93 bits per heavy atom. The molecule has 2 fully saturated rings. The van der Waals surface area contributed by atoms with Crippen molar-refractivity contribution < 1.29 is 27.8 Å². The summed E-state index contributed by atoms with van der Waals surface area (Å²) in [6, 6.07) is 13.1. The fourth-order valence-electron chi connectivity index (χ4n) is 4.68. The summed E-state index contributed by atoms with van der Waals surface area (Å²) in [5.41, 5.74) is -0.403. The number of fused-ring (bicyclic) bond motifs is 1. The lowest BCUT2D eigenvalue weighted by Gasteiger charge is -2.37. The molecule has 1 N–H and O–H groups in total. The van der Waals surface area contributed by atoms with Crippen molar-refractivity contribution in [3.05, 3.63) is 70.2 Å². The lowest BCUT2D eigenvalue weighted by molar-refractivity contribution is -0.137. The number of nitrogens with zero attached hydrogens (tertiary/aromatic N) is 1. The van der Waals surface area contributed by atoms with Gasteiger partial charge in [-0.3, -0.25) is 0 Å². The van der Waals surface area contributed by atoms with Crippen LogP contribution in [0.2, 0.25) is 5.02 Å².